The monoisotopic (exact) mass is 269 g/mol. The van der Waals surface area contributed by atoms with E-state index in [1.54, 1.807) is 0 Å². The first kappa shape index (κ1) is 14.6. The van der Waals surface area contributed by atoms with Crippen LogP contribution in [0.1, 0.15) is 24.5 Å². The molecule has 0 aliphatic heterocycles. The Morgan fingerprint density at radius 1 is 0.850 bits per heavy atom. The first-order valence-electron chi connectivity index (χ1n) is 7.35. The second kappa shape index (κ2) is 8.39. The second-order valence-electron chi connectivity index (χ2n) is 4.90. The zero-order chi connectivity index (χ0) is 14.0. The molecule has 0 bridgehead atoms. The summed E-state index contributed by atoms with van der Waals surface area (Å²) >= 11 is 0. The lowest BCUT2D eigenvalue weighted by Gasteiger charge is -2.08. The van der Waals surface area contributed by atoms with Crippen LogP contribution in [0.3, 0.4) is 0 Å². The van der Waals surface area contributed by atoms with E-state index in [2.05, 4.69) is 60.8 Å². The van der Waals surface area contributed by atoms with Crippen molar-refractivity contribution in [3.8, 4) is 5.75 Å². The topological polar surface area (TPSA) is 21.3 Å². The van der Waals surface area contributed by atoms with Crippen molar-refractivity contribution in [2.45, 2.75) is 19.8 Å². The van der Waals surface area contributed by atoms with Gasteiger partial charge >= 0.3 is 0 Å². The molecule has 0 aliphatic carbocycles. The van der Waals surface area contributed by atoms with Gasteiger partial charge in [-0.25, -0.2) is 0 Å². The minimum absolute atomic E-state index is 0.720. The summed E-state index contributed by atoms with van der Waals surface area (Å²) in [5.74, 6) is 0.945. The van der Waals surface area contributed by atoms with E-state index in [4.69, 9.17) is 4.74 Å². The Hall–Kier alpha value is -1.80. The van der Waals surface area contributed by atoms with Gasteiger partial charge in [0.1, 0.15) is 12.4 Å². The zero-order valence-electron chi connectivity index (χ0n) is 12.1. The fourth-order valence-electron chi connectivity index (χ4n) is 2.08. The molecular formula is C18H23NO. The van der Waals surface area contributed by atoms with Crippen LogP contribution in [0.2, 0.25) is 0 Å². The lowest BCUT2D eigenvalue weighted by Crippen LogP contribution is -2.21. The Bertz CT molecular complexity index is 479. The predicted octanol–water partition coefficient (Wildman–Crippen LogP) is 3.66. The van der Waals surface area contributed by atoms with E-state index in [1.165, 1.54) is 11.1 Å². The average molecular weight is 269 g/mol. The summed E-state index contributed by atoms with van der Waals surface area (Å²) in [4.78, 5) is 0. The Labute approximate surface area is 121 Å². The van der Waals surface area contributed by atoms with Crippen LogP contribution in [0.4, 0.5) is 0 Å². The standard InChI is InChI=1S/C18H23NO/c1-2-12-19-13-14-20-18-10-8-17(9-11-18)15-16-6-4-3-5-7-16/h3-11,19H,2,12-15H2,1H3. The average Bonchev–Trinajstić information content (AvgIpc) is 2.50. The van der Waals surface area contributed by atoms with Crippen molar-refractivity contribution in [3.05, 3.63) is 65.7 Å². The van der Waals surface area contributed by atoms with Crippen LogP contribution in [0, 0.1) is 0 Å². The van der Waals surface area contributed by atoms with E-state index in [0.717, 1.165) is 38.3 Å². The Kier molecular flexibility index (Phi) is 6.12. The summed E-state index contributed by atoms with van der Waals surface area (Å²) in [5, 5.41) is 3.32. The van der Waals surface area contributed by atoms with Crippen LogP contribution >= 0.6 is 0 Å². The Morgan fingerprint density at radius 3 is 2.25 bits per heavy atom. The number of hydrogen-bond donors (Lipinski definition) is 1. The maximum Gasteiger partial charge on any atom is 0.119 e. The molecule has 0 saturated heterocycles. The zero-order valence-corrected chi connectivity index (χ0v) is 12.1. The molecule has 2 aromatic rings. The number of ether oxygens (including phenoxy) is 1. The van der Waals surface area contributed by atoms with Crippen LogP contribution in [-0.2, 0) is 6.42 Å². The molecule has 20 heavy (non-hydrogen) atoms. The molecule has 0 fully saturated rings. The van der Waals surface area contributed by atoms with Gasteiger partial charge in [-0.05, 0) is 42.6 Å². The summed E-state index contributed by atoms with van der Waals surface area (Å²) in [6, 6.07) is 18.9. The molecule has 2 nitrogen and oxygen atoms in total. The third-order valence-electron chi connectivity index (χ3n) is 3.15. The van der Waals surface area contributed by atoms with E-state index in [9.17, 15) is 0 Å². The van der Waals surface area contributed by atoms with Crippen molar-refractivity contribution in [1.29, 1.82) is 0 Å². The summed E-state index contributed by atoms with van der Waals surface area (Å²) < 4.78 is 5.70. The number of rotatable bonds is 8. The van der Waals surface area contributed by atoms with E-state index in [-0.39, 0.29) is 0 Å². The molecule has 106 valence electrons. The summed E-state index contributed by atoms with van der Waals surface area (Å²) in [5.41, 5.74) is 2.65. The van der Waals surface area contributed by atoms with E-state index in [1.807, 2.05) is 6.07 Å². The Morgan fingerprint density at radius 2 is 1.55 bits per heavy atom. The first-order valence-corrected chi connectivity index (χ1v) is 7.35. The van der Waals surface area contributed by atoms with Gasteiger partial charge in [-0.1, -0.05) is 49.4 Å². The third kappa shape index (κ3) is 5.06. The summed E-state index contributed by atoms with van der Waals surface area (Å²) in [7, 11) is 0. The maximum atomic E-state index is 5.70. The molecule has 2 aromatic carbocycles. The molecule has 2 heteroatoms. The summed E-state index contributed by atoms with van der Waals surface area (Å²) in [6.45, 7) is 4.84. The quantitative estimate of drug-likeness (QED) is 0.739. The van der Waals surface area contributed by atoms with Gasteiger partial charge in [0.2, 0.25) is 0 Å². The van der Waals surface area contributed by atoms with Crippen molar-refractivity contribution in [2.75, 3.05) is 19.7 Å². The molecule has 0 spiro atoms. The number of hydrogen-bond acceptors (Lipinski definition) is 2. The molecule has 2 rings (SSSR count). The van der Waals surface area contributed by atoms with Gasteiger partial charge in [0.25, 0.3) is 0 Å². The van der Waals surface area contributed by atoms with Crippen LogP contribution < -0.4 is 10.1 Å². The molecule has 0 unspecified atom stereocenters. The van der Waals surface area contributed by atoms with Gasteiger partial charge in [0.15, 0.2) is 0 Å². The molecule has 0 heterocycles. The molecule has 0 radical (unpaired) electrons. The third-order valence-corrected chi connectivity index (χ3v) is 3.15. The van der Waals surface area contributed by atoms with Crippen LogP contribution in [0.5, 0.6) is 5.75 Å². The van der Waals surface area contributed by atoms with Crippen molar-refractivity contribution in [2.24, 2.45) is 0 Å². The highest BCUT2D eigenvalue weighted by molar-refractivity contribution is 5.31. The van der Waals surface area contributed by atoms with Crippen LogP contribution in [0.25, 0.3) is 0 Å². The largest absolute Gasteiger partial charge is 0.492 e. The lowest BCUT2D eigenvalue weighted by molar-refractivity contribution is 0.314. The van der Waals surface area contributed by atoms with Crippen LogP contribution in [0.15, 0.2) is 54.6 Å². The highest BCUT2D eigenvalue weighted by Crippen LogP contribution is 2.15. The van der Waals surface area contributed by atoms with E-state index >= 15 is 0 Å². The van der Waals surface area contributed by atoms with E-state index < -0.39 is 0 Å². The van der Waals surface area contributed by atoms with Gasteiger partial charge in [-0.2, -0.15) is 0 Å². The fraction of sp³-hybridized carbons (Fsp3) is 0.333. The van der Waals surface area contributed by atoms with Gasteiger partial charge in [-0.3, -0.25) is 0 Å². The number of benzene rings is 2. The van der Waals surface area contributed by atoms with Gasteiger partial charge in [0.05, 0.1) is 0 Å². The maximum absolute atomic E-state index is 5.70. The predicted molar refractivity (Wildman–Crippen MR) is 84.3 cm³/mol. The molecule has 0 atom stereocenters. The highest BCUT2D eigenvalue weighted by Gasteiger charge is 1.97. The van der Waals surface area contributed by atoms with Crippen molar-refractivity contribution in [3.63, 3.8) is 0 Å². The van der Waals surface area contributed by atoms with Crippen LogP contribution in [-0.4, -0.2) is 19.7 Å². The van der Waals surface area contributed by atoms with E-state index in [0.29, 0.717) is 0 Å². The smallest absolute Gasteiger partial charge is 0.119 e. The molecule has 1 N–H and O–H groups in total. The minimum atomic E-state index is 0.720. The van der Waals surface area contributed by atoms with Crippen molar-refractivity contribution in [1.82, 2.24) is 5.32 Å². The highest BCUT2D eigenvalue weighted by atomic mass is 16.5. The first-order chi connectivity index (χ1) is 9.88. The summed E-state index contributed by atoms with van der Waals surface area (Å²) in [6.07, 6.45) is 2.13. The number of nitrogens with one attached hydrogen (secondary N) is 1. The van der Waals surface area contributed by atoms with Crippen molar-refractivity contribution >= 4 is 0 Å². The van der Waals surface area contributed by atoms with Gasteiger partial charge in [-0.15, -0.1) is 0 Å². The molecule has 0 amide bonds. The van der Waals surface area contributed by atoms with Gasteiger partial charge in [0, 0.05) is 6.54 Å². The molecule has 0 saturated carbocycles. The normalized spacial score (nSPS) is 10.4. The second-order valence-corrected chi connectivity index (χ2v) is 4.90. The van der Waals surface area contributed by atoms with Gasteiger partial charge < -0.3 is 10.1 Å². The molecule has 0 aliphatic rings. The lowest BCUT2D eigenvalue weighted by atomic mass is 10.1. The fourth-order valence-corrected chi connectivity index (χ4v) is 2.08. The SMILES string of the molecule is CCCNCCOc1ccc(Cc2ccccc2)cc1. The molecular weight excluding hydrogens is 246 g/mol. The molecule has 0 aromatic heterocycles. The minimum Gasteiger partial charge on any atom is -0.492 e. The Balaban J connectivity index is 1.78. The van der Waals surface area contributed by atoms with Crippen molar-refractivity contribution < 1.29 is 4.74 Å².